The first-order chi connectivity index (χ1) is 20.4. The summed E-state index contributed by atoms with van der Waals surface area (Å²) in [6, 6.07) is 8.69. The monoisotopic (exact) mass is 579 g/mol. The molecule has 0 aromatic heterocycles. The van der Waals surface area contributed by atoms with Crippen LogP contribution in [0.4, 0.5) is 5.69 Å². The minimum absolute atomic E-state index is 0.0880. The number of likely N-dealkylation sites (tertiary alicyclic amines) is 1. The fraction of sp³-hybridized carbons (Fsp3) is 0.618. The van der Waals surface area contributed by atoms with Crippen molar-refractivity contribution in [3.63, 3.8) is 0 Å². The SMILES string of the molecule is C=CCN(CCCCC)C(=O)C1N(CCCCCO)C(=O)[C@@H]2[C@@H](C(=O)N(CC=C)c3ccccc3)[C@@]3(CC)CCC12O3. The Kier molecular flexibility index (Phi) is 10.7. The summed E-state index contributed by atoms with van der Waals surface area (Å²) in [7, 11) is 0. The molecule has 0 saturated carbocycles. The molecule has 4 rings (SSSR count). The van der Waals surface area contributed by atoms with Crippen LogP contribution in [0.3, 0.4) is 0 Å². The summed E-state index contributed by atoms with van der Waals surface area (Å²) in [5.41, 5.74) is -1.11. The lowest BCUT2D eigenvalue weighted by molar-refractivity contribution is -0.152. The van der Waals surface area contributed by atoms with Crippen LogP contribution < -0.4 is 4.90 Å². The Morgan fingerprint density at radius 3 is 2.40 bits per heavy atom. The Labute approximate surface area is 251 Å². The van der Waals surface area contributed by atoms with Gasteiger partial charge >= 0.3 is 0 Å². The molecule has 8 nitrogen and oxygen atoms in total. The Morgan fingerprint density at radius 2 is 1.76 bits per heavy atom. The van der Waals surface area contributed by atoms with Gasteiger partial charge < -0.3 is 24.5 Å². The van der Waals surface area contributed by atoms with Crippen LogP contribution in [0.25, 0.3) is 0 Å². The lowest BCUT2D eigenvalue weighted by Crippen LogP contribution is -2.56. The summed E-state index contributed by atoms with van der Waals surface area (Å²) in [4.78, 5) is 48.8. The predicted molar refractivity (Wildman–Crippen MR) is 165 cm³/mol. The van der Waals surface area contributed by atoms with Crippen molar-refractivity contribution in [1.82, 2.24) is 9.80 Å². The number of anilines is 1. The van der Waals surface area contributed by atoms with Crippen LogP contribution in [0.1, 0.15) is 71.6 Å². The van der Waals surface area contributed by atoms with Gasteiger partial charge in [-0.3, -0.25) is 14.4 Å². The van der Waals surface area contributed by atoms with Crippen molar-refractivity contribution in [2.45, 2.75) is 88.9 Å². The second-order valence-electron chi connectivity index (χ2n) is 12.0. The van der Waals surface area contributed by atoms with Gasteiger partial charge in [-0.2, -0.15) is 0 Å². The molecular formula is C34H49N3O5. The summed E-state index contributed by atoms with van der Waals surface area (Å²) in [5, 5.41) is 9.32. The van der Waals surface area contributed by atoms with E-state index in [-0.39, 0.29) is 24.3 Å². The first kappa shape index (κ1) is 32.0. The maximum Gasteiger partial charge on any atom is 0.248 e. The highest BCUT2D eigenvalue weighted by atomic mass is 16.5. The van der Waals surface area contributed by atoms with Crippen molar-refractivity contribution in [2.75, 3.05) is 37.7 Å². The molecular weight excluding hydrogens is 530 g/mol. The molecule has 1 aromatic rings. The summed E-state index contributed by atoms with van der Waals surface area (Å²) >= 11 is 0. The van der Waals surface area contributed by atoms with E-state index in [0.29, 0.717) is 58.3 Å². The quantitative estimate of drug-likeness (QED) is 0.213. The lowest BCUT2D eigenvalue weighted by Gasteiger charge is -2.37. The van der Waals surface area contributed by atoms with Crippen molar-refractivity contribution >= 4 is 23.4 Å². The molecule has 2 unspecified atom stereocenters. The molecule has 3 aliphatic rings. The fourth-order valence-electron chi connectivity index (χ4n) is 7.58. The van der Waals surface area contributed by atoms with Gasteiger partial charge in [0.05, 0.1) is 17.4 Å². The standard InChI is InChI=1S/C34H49N3O5/c1-5-9-14-23-35(21-6-2)32(41)29-34-20-19-33(8-4,42-34)27(28(34)31(40)37(29)24-15-11-16-25-38)30(39)36(22-7-3)26-17-12-10-13-18-26/h6-7,10,12-13,17-18,27-29,38H,2-3,5,8-9,11,14-16,19-25H2,1,4H3/t27-,28-,29?,33+,34?/m0/s1. The number of rotatable bonds is 17. The predicted octanol–water partition coefficient (Wildman–Crippen LogP) is 4.73. The summed E-state index contributed by atoms with van der Waals surface area (Å²) in [6.45, 7) is 13.7. The van der Waals surface area contributed by atoms with E-state index in [1.54, 1.807) is 22.0 Å². The third-order valence-electron chi connectivity index (χ3n) is 9.58. The van der Waals surface area contributed by atoms with E-state index in [1.807, 2.05) is 42.2 Å². The Morgan fingerprint density at radius 1 is 1.02 bits per heavy atom. The molecule has 230 valence electrons. The van der Waals surface area contributed by atoms with Gasteiger partial charge in [-0.1, -0.05) is 57.0 Å². The Hall–Kier alpha value is -2.97. The molecule has 0 radical (unpaired) electrons. The van der Waals surface area contributed by atoms with Gasteiger partial charge in [-0.25, -0.2) is 0 Å². The number of nitrogens with zero attached hydrogens (tertiary/aromatic N) is 3. The molecule has 8 heteroatoms. The largest absolute Gasteiger partial charge is 0.396 e. The third kappa shape index (κ3) is 5.68. The molecule has 3 saturated heterocycles. The number of para-hydroxylation sites is 1. The molecule has 2 bridgehead atoms. The smallest absolute Gasteiger partial charge is 0.248 e. The number of aliphatic hydroxyl groups is 1. The van der Waals surface area contributed by atoms with Gasteiger partial charge in [0.2, 0.25) is 17.7 Å². The summed E-state index contributed by atoms with van der Waals surface area (Å²) < 4.78 is 6.99. The van der Waals surface area contributed by atoms with Gasteiger partial charge in [0.15, 0.2) is 0 Å². The number of ether oxygens (including phenoxy) is 1. The minimum atomic E-state index is -1.05. The highest BCUT2D eigenvalue weighted by Gasteiger charge is 2.79. The van der Waals surface area contributed by atoms with E-state index < -0.39 is 29.1 Å². The van der Waals surface area contributed by atoms with Crippen LogP contribution in [-0.4, -0.2) is 82.7 Å². The van der Waals surface area contributed by atoms with E-state index in [1.165, 1.54) is 0 Å². The number of aliphatic hydroxyl groups excluding tert-OH is 1. The number of amides is 3. The topological polar surface area (TPSA) is 90.4 Å². The highest BCUT2D eigenvalue weighted by Crippen LogP contribution is 2.64. The summed E-state index contributed by atoms with van der Waals surface area (Å²) in [5.74, 6) is -1.86. The van der Waals surface area contributed by atoms with Crippen molar-refractivity contribution in [3.05, 3.63) is 55.6 Å². The zero-order chi connectivity index (χ0) is 30.3. The molecule has 3 aliphatic heterocycles. The molecule has 42 heavy (non-hydrogen) atoms. The van der Waals surface area contributed by atoms with Gasteiger partial charge in [0.1, 0.15) is 11.6 Å². The van der Waals surface area contributed by atoms with Crippen molar-refractivity contribution in [1.29, 1.82) is 0 Å². The molecule has 1 aromatic carbocycles. The van der Waals surface area contributed by atoms with Gasteiger partial charge in [0.25, 0.3) is 0 Å². The molecule has 5 atom stereocenters. The maximum atomic E-state index is 14.6. The lowest BCUT2D eigenvalue weighted by atomic mass is 9.64. The van der Waals surface area contributed by atoms with E-state index in [2.05, 4.69) is 20.1 Å². The van der Waals surface area contributed by atoms with E-state index in [9.17, 15) is 19.5 Å². The average Bonchev–Trinajstić information content (AvgIpc) is 3.61. The second-order valence-corrected chi connectivity index (χ2v) is 12.0. The van der Waals surface area contributed by atoms with Gasteiger partial charge in [-0.05, 0) is 57.1 Å². The number of hydrogen-bond acceptors (Lipinski definition) is 5. The number of hydrogen-bond donors (Lipinski definition) is 1. The second kappa shape index (κ2) is 14.0. The Bertz CT molecular complexity index is 1130. The number of carbonyl (C=O) groups excluding carboxylic acids is 3. The van der Waals surface area contributed by atoms with Gasteiger partial charge in [-0.15, -0.1) is 13.2 Å². The zero-order valence-corrected chi connectivity index (χ0v) is 25.5. The van der Waals surface area contributed by atoms with Gasteiger partial charge in [0, 0.05) is 38.5 Å². The van der Waals surface area contributed by atoms with Crippen molar-refractivity contribution in [3.8, 4) is 0 Å². The van der Waals surface area contributed by atoms with Crippen LogP contribution in [0, 0.1) is 11.8 Å². The Balaban J connectivity index is 1.76. The van der Waals surface area contributed by atoms with Crippen LogP contribution in [0.15, 0.2) is 55.6 Å². The molecule has 1 N–H and O–H groups in total. The molecule has 1 spiro atoms. The third-order valence-corrected chi connectivity index (χ3v) is 9.58. The van der Waals surface area contributed by atoms with Crippen LogP contribution in [0.5, 0.6) is 0 Å². The minimum Gasteiger partial charge on any atom is -0.396 e. The van der Waals surface area contributed by atoms with E-state index in [4.69, 9.17) is 4.74 Å². The number of carbonyl (C=O) groups is 3. The first-order valence-corrected chi connectivity index (χ1v) is 15.8. The van der Waals surface area contributed by atoms with Crippen LogP contribution in [0.2, 0.25) is 0 Å². The normalized spacial score (nSPS) is 27.6. The number of fused-ring (bicyclic) bond motifs is 1. The maximum absolute atomic E-state index is 14.6. The van der Waals surface area contributed by atoms with Crippen LogP contribution in [-0.2, 0) is 19.1 Å². The van der Waals surface area contributed by atoms with E-state index >= 15 is 0 Å². The van der Waals surface area contributed by atoms with E-state index in [0.717, 1.165) is 31.4 Å². The number of benzene rings is 1. The molecule has 3 fully saturated rings. The first-order valence-electron chi connectivity index (χ1n) is 15.8. The van der Waals surface area contributed by atoms with Crippen molar-refractivity contribution < 1.29 is 24.2 Å². The number of unbranched alkanes of at least 4 members (excludes halogenated alkanes) is 4. The van der Waals surface area contributed by atoms with Crippen molar-refractivity contribution in [2.24, 2.45) is 11.8 Å². The average molecular weight is 580 g/mol. The van der Waals surface area contributed by atoms with Crippen LogP contribution >= 0.6 is 0 Å². The highest BCUT2D eigenvalue weighted by molar-refractivity contribution is 6.03. The molecule has 3 amide bonds. The molecule has 3 heterocycles. The zero-order valence-electron chi connectivity index (χ0n) is 25.5. The fourth-order valence-corrected chi connectivity index (χ4v) is 7.58. The summed E-state index contributed by atoms with van der Waals surface area (Å²) in [6.07, 6.45) is 10.2. The molecule has 0 aliphatic carbocycles.